The third kappa shape index (κ3) is 5.40. The summed E-state index contributed by atoms with van der Waals surface area (Å²) in [5, 5.41) is -0.113. The van der Waals surface area contributed by atoms with E-state index in [1.54, 1.807) is 13.8 Å². The summed E-state index contributed by atoms with van der Waals surface area (Å²) in [7, 11) is 0. The third-order valence-corrected chi connectivity index (χ3v) is 3.94. The van der Waals surface area contributed by atoms with E-state index >= 15 is 0 Å². The Morgan fingerprint density at radius 1 is 1.09 bits per heavy atom. The molecule has 0 fully saturated rings. The molecule has 0 aliphatic carbocycles. The fourth-order valence-corrected chi connectivity index (χ4v) is 1.55. The SMILES string of the molecule is CC(I)C(=O)SC(=O)C(C)I. The van der Waals surface area contributed by atoms with Gasteiger partial charge in [0.1, 0.15) is 0 Å². The molecule has 0 saturated heterocycles. The lowest BCUT2D eigenvalue weighted by atomic mass is 10.5. The van der Waals surface area contributed by atoms with Crippen LogP contribution >= 0.6 is 56.9 Å². The average Bonchev–Trinajstić information content (AvgIpc) is 1.87. The van der Waals surface area contributed by atoms with Crippen LogP contribution in [0.2, 0.25) is 0 Å². The molecule has 0 aromatic rings. The fraction of sp³-hybridized carbons (Fsp3) is 0.667. The van der Waals surface area contributed by atoms with Crippen molar-refractivity contribution in [1.29, 1.82) is 0 Å². The summed E-state index contributed by atoms with van der Waals surface area (Å²) in [5.74, 6) is 0. The number of alkyl halides is 2. The maximum atomic E-state index is 11.0. The van der Waals surface area contributed by atoms with Gasteiger partial charge in [-0.05, 0) is 25.6 Å². The largest absolute Gasteiger partial charge is 0.286 e. The molecule has 0 spiro atoms. The average molecular weight is 398 g/mol. The first-order chi connectivity index (χ1) is 4.95. The van der Waals surface area contributed by atoms with E-state index in [1.807, 2.05) is 45.2 Å². The summed E-state index contributed by atoms with van der Waals surface area (Å²) in [6.45, 7) is 3.56. The first-order valence-electron chi connectivity index (χ1n) is 2.98. The summed E-state index contributed by atoms with van der Waals surface area (Å²) in [5.41, 5.74) is 0. The van der Waals surface area contributed by atoms with Crippen LogP contribution < -0.4 is 0 Å². The Hall–Kier alpha value is 1.15. The zero-order chi connectivity index (χ0) is 9.02. The zero-order valence-electron chi connectivity index (χ0n) is 6.14. The van der Waals surface area contributed by atoms with Crippen molar-refractivity contribution in [3.63, 3.8) is 0 Å². The molecule has 11 heavy (non-hydrogen) atoms. The van der Waals surface area contributed by atoms with E-state index in [4.69, 9.17) is 0 Å². The van der Waals surface area contributed by atoms with Crippen LogP contribution in [-0.2, 0) is 9.59 Å². The van der Waals surface area contributed by atoms with Crippen LogP contribution in [-0.4, -0.2) is 18.1 Å². The highest BCUT2D eigenvalue weighted by Crippen LogP contribution is 2.17. The van der Waals surface area contributed by atoms with Crippen LogP contribution in [0.25, 0.3) is 0 Å². The molecule has 0 N–H and O–H groups in total. The molecule has 2 atom stereocenters. The first-order valence-corrected chi connectivity index (χ1v) is 6.29. The Bertz CT molecular complexity index is 150. The molecule has 0 rings (SSSR count). The minimum Gasteiger partial charge on any atom is -0.286 e. The van der Waals surface area contributed by atoms with Crippen molar-refractivity contribution in [1.82, 2.24) is 0 Å². The molecule has 0 bridgehead atoms. The number of rotatable bonds is 2. The molecule has 0 aromatic heterocycles. The molecular weight excluding hydrogens is 390 g/mol. The summed E-state index contributed by atoms with van der Waals surface area (Å²) >= 11 is 4.82. The Morgan fingerprint density at radius 3 is 1.55 bits per heavy atom. The lowest BCUT2D eigenvalue weighted by Crippen LogP contribution is -2.12. The summed E-state index contributed by atoms with van der Waals surface area (Å²) in [6, 6.07) is 0. The molecule has 0 saturated carbocycles. The monoisotopic (exact) mass is 398 g/mol. The fourth-order valence-electron chi connectivity index (χ4n) is 0.262. The van der Waals surface area contributed by atoms with Gasteiger partial charge in [0.05, 0.1) is 7.85 Å². The van der Waals surface area contributed by atoms with Gasteiger partial charge in [-0.1, -0.05) is 45.2 Å². The van der Waals surface area contributed by atoms with Crippen molar-refractivity contribution < 1.29 is 9.59 Å². The van der Waals surface area contributed by atoms with E-state index in [0.29, 0.717) is 0 Å². The second kappa shape index (κ2) is 5.74. The van der Waals surface area contributed by atoms with E-state index in [9.17, 15) is 9.59 Å². The van der Waals surface area contributed by atoms with Gasteiger partial charge in [0, 0.05) is 0 Å². The van der Waals surface area contributed by atoms with E-state index in [0.717, 1.165) is 11.8 Å². The molecule has 5 heteroatoms. The number of carbonyl (C=O) groups excluding carboxylic acids is 2. The normalized spacial score (nSPS) is 15.6. The second-order valence-corrected chi connectivity index (χ2v) is 6.72. The molecule has 0 aliphatic rings. The predicted molar refractivity (Wildman–Crippen MR) is 64.6 cm³/mol. The number of hydrogen-bond acceptors (Lipinski definition) is 3. The molecule has 0 amide bonds. The van der Waals surface area contributed by atoms with Crippen molar-refractivity contribution in [2.75, 3.05) is 0 Å². The Balaban J connectivity index is 3.86. The summed E-state index contributed by atoms with van der Waals surface area (Å²) in [6.07, 6.45) is 0. The van der Waals surface area contributed by atoms with E-state index in [-0.39, 0.29) is 18.1 Å². The number of carbonyl (C=O) groups is 2. The van der Waals surface area contributed by atoms with Crippen molar-refractivity contribution in [2.24, 2.45) is 0 Å². The third-order valence-electron chi connectivity index (χ3n) is 0.851. The quantitative estimate of drug-likeness (QED) is 0.530. The van der Waals surface area contributed by atoms with E-state index in [1.165, 1.54) is 0 Å². The lowest BCUT2D eigenvalue weighted by Gasteiger charge is -2.01. The van der Waals surface area contributed by atoms with Crippen LogP contribution in [0, 0.1) is 0 Å². The Morgan fingerprint density at radius 2 is 1.36 bits per heavy atom. The van der Waals surface area contributed by atoms with Gasteiger partial charge >= 0.3 is 0 Å². The molecule has 2 unspecified atom stereocenters. The van der Waals surface area contributed by atoms with Gasteiger partial charge in [0.15, 0.2) is 0 Å². The van der Waals surface area contributed by atoms with Gasteiger partial charge in [-0.15, -0.1) is 0 Å². The minimum absolute atomic E-state index is 0.0564. The van der Waals surface area contributed by atoms with Crippen LogP contribution in [0.5, 0.6) is 0 Å². The van der Waals surface area contributed by atoms with E-state index < -0.39 is 0 Å². The topological polar surface area (TPSA) is 34.1 Å². The molecule has 0 aromatic carbocycles. The van der Waals surface area contributed by atoms with Gasteiger partial charge in [-0.25, -0.2) is 0 Å². The van der Waals surface area contributed by atoms with Crippen LogP contribution in [0.15, 0.2) is 0 Å². The zero-order valence-corrected chi connectivity index (χ0v) is 11.3. The molecule has 2 nitrogen and oxygen atoms in total. The summed E-state index contributed by atoms with van der Waals surface area (Å²) < 4.78 is -0.173. The molecular formula is C6H8I2O2S. The standard InChI is InChI=1S/C6H8I2O2S/c1-3(7)5(9)11-6(10)4(2)8/h3-4H,1-2H3. The van der Waals surface area contributed by atoms with Crippen LogP contribution in [0.1, 0.15) is 13.8 Å². The van der Waals surface area contributed by atoms with Crippen LogP contribution in [0.3, 0.4) is 0 Å². The maximum absolute atomic E-state index is 11.0. The molecule has 64 valence electrons. The Labute approximate surface area is 97.5 Å². The second-order valence-electron chi connectivity index (χ2n) is 1.97. The highest BCUT2D eigenvalue weighted by Gasteiger charge is 2.17. The van der Waals surface area contributed by atoms with Gasteiger partial charge in [-0.3, -0.25) is 9.59 Å². The smallest absolute Gasteiger partial charge is 0.208 e. The minimum atomic E-state index is -0.0864. The maximum Gasteiger partial charge on any atom is 0.208 e. The number of thioether (sulfide) groups is 1. The molecule has 0 aliphatic heterocycles. The van der Waals surface area contributed by atoms with Crippen molar-refractivity contribution in [2.45, 2.75) is 21.7 Å². The highest BCUT2D eigenvalue weighted by molar-refractivity contribution is 14.1. The molecule has 0 heterocycles. The van der Waals surface area contributed by atoms with Gasteiger partial charge < -0.3 is 0 Å². The van der Waals surface area contributed by atoms with Gasteiger partial charge in [0.2, 0.25) is 10.2 Å². The van der Waals surface area contributed by atoms with Crippen molar-refractivity contribution >= 4 is 67.2 Å². The Kier molecular flexibility index (Phi) is 6.34. The number of hydrogen-bond donors (Lipinski definition) is 0. The molecule has 0 radical (unpaired) electrons. The van der Waals surface area contributed by atoms with Gasteiger partial charge in [-0.2, -0.15) is 0 Å². The number of halogens is 2. The van der Waals surface area contributed by atoms with Crippen molar-refractivity contribution in [3.8, 4) is 0 Å². The van der Waals surface area contributed by atoms with Crippen molar-refractivity contribution in [3.05, 3.63) is 0 Å². The highest BCUT2D eigenvalue weighted by atomic mass is 127. The van der Waals surface area contributed by atoms with Crippen LogP contribution in [0.4, 0.5) is 0 Å². The lowest BCUT2D eigenvalue weighted by molar-refractivity contribution is -0.112. The first kappa shape index (κ1) is 12.2. The summed E-state index contributed by atoms with van der Waals surface area (Å²) in [4.78, 5) is 22.0. The van der Waals surface area contributed by atoms with Gasteiger partial charge in [0.25, 0.3) is 0 Å². The van der Waals surface area contributed by atoms with E-state index in [2.05, 4.69) is 0 Å². The predicted octanol–water partition coefficient (Wildman–Crippen LogP) is 2.42.